The number of nitrogens with one attached hydrogen (secondary N) is 1. The van der Waals surface area contributed by atoms with Gasteiger partial charge in [0.15, 0.2) is 6.10 Å². The molecule has 5 heteroatoms. The quantitative estimate of drug-likeness (QED) is 0.655. The SMILES string of the molecule is CC(OC(=O)/C=C/c1ccccc1F)C(=O)NCc1ccccc1. The average Bonchev–Trinajstić information content (AvgIpc) is 2.59. The second-order valence-electron chi connectivity index (χ2n) is 5.14. The maximum atomic E-state index is 13.4. The standard InChI is InChI=1S/C19H18FNO3/c1-14(19(23)21-13-15-7-3-2-4-8-15)24-18(22)12-11-16-9-5-6-10-17(16)20/h2-12,14H,13H2,1H3,(H,21,23)/b12-11+. The molecule has 0 radical (unpaired) electrons. The summed E-state index contributed by atoms with van der Waals surface area (Å²) in [6, 6.07) is 15.5. The maximum Gasteiger partial charge on any atom is 0.331 e. The van der Waals surface area contributed by atoms with Crippen molar-refractivity contribution in [2.45, 2.75) is 19.6 Å². The molecule has 24 heavy (non-hydrogen) atoms. The molecule has 0 heterocycles. The summed E-state index contributed by atoms with van der Waals surface area (Å²) in [6.07, 6.45) is 1.47. The predicted molar refractivity (Wildman–Crippen MR) is 89.3 cm³/mol. The normalized spacial score (nSPS) is 11.9. The Balaban J connectivity index is 1.82. The van der Waals surface area contributed by atoms with Crippen molar-refractivity contribution in [2.24, 2.45) is 0 Å². The molecule has 0 saturated carbocycles. The Hall–Kier alpha value is -2.95. The van der Waals surface area contributed by atoms with Crippen LogP contribution in [0.5, 0.6) is 0 Å². The van der Waals surface area contributed by atoms with E-state index >= 15 is 0 Å². The summed E-state index contributed by atoms with van der Waals surface area (Å²) < 4.78 is 18.4. The average molecular weight is 327 g/mol. The molecule has 1 N–H and O–H groups in total. The second kappa shape index (κ2) is 8.62. The van der Waals surface area contributed by atoms with Crippen molar-refractivity contribution < 1.29 is 18.7 Å². The highest BCUT2D eigenvalue weighted by atomic mass is 19.1. The molecule has 124 valence electrons. The van der Waals surface area contributed by atoms with Gasteiger partial charge >= 0.3 is 5.97 Å². The van der Waals surface area contributed by atoms with E-state index in [0.717, 1.165) is 11.6 Å². The Labute approximate surface area is 140 Å². The van der Waals surface area contributed by atoms with E-state index in [1.54, 1.807) is 12.1 Å². The molecular weight excluding hydrogens is 309 g/mol. The monoisotopic (exact) mass is 327 g/mol. The topological polar surface area (TPSA) is 55.4 Å². The molecule has 0 fully saturated rings. The van der Waals surface area contributed by atoms with Crippen LogP contribution < -0.4 is 5.32 Å². The number of benzene rings is 2. The smallest absolute Gasteiger partial charge is 0.331 e. The largest absolute Gasteiger partial charge is 0.449 e. The molecule has 0 aliphatic heterocycles. The van der Waals surface area contributed by atoms with E-state index < -0.39 is 23.8 Å². The van der Waals surface area contributed by atoms with E-state index in [0.29, 0.717) is 6.54 Å². The molecule has 0 saturated heterocycles. The number of esters is 1. The van der Waals surface area contributed by atoms with Gasteiger partial charge in [0.25, 0.3) is 5.91 Å². The first-order valence-electron chi connectivity index (χ1n) is 7.51. The van der Waals surface area contributed by atoms with Crippen LogP contribution in [0.2, 0.25) is 0 Å². The van der Waals surface area contributed by atoms with Gasteiger partial charge in [0.2, 0.25) is 0 Å². The van der Waals surface area contributed by atoms with Crippen LogP contribution in [0.1, 0.15) is 18.1 Å². The number of ether oxygens (including phenoxy) is 1. The van der Waals surface area contributed by atoms with Crippen LogP contribution in [-0.4, -0.2) is 18.0 Å². The zero-order valence-corrected chi connectivity index (χ0v) is 13.2. The molecule has 1 atom stereocenters. The number of carbonyl (C=O) groups is 2. The highest BCUT2D eigenvalue weighted by Gasteiger charge is 2.16. The third-order valence-corrected chi connectivity index (χ3v) is 3.28. The number of rotatable bonds is 6. The fraction of sp³-hybridized carbons (Fsp3) is 0.158. The number of carbonyl (C=O) groups excluding carboxylic acids is 2. The Morgan fingerprint density at radius 1 is 1.12 bits per heavy atom. The highest BCUT2D eigenvalue weighted by Crippen LogP contribution is 2.08. The van der Waals surface area contributed by atoms with Crippen LogP contribution >= 0.6 is 0 Å². The van der Waals surface area contributed by atoms with Gasteiger partial charge in [0.1, 0.15) is 5.82 Å². The lowest BCUT2D eigenvalue weighted by Gasteiger charge is -2.12. The molecule has 0 aliphatic rings. The number of hydrogen-bond acceptors (Lipinski definition) is 3. The summed E-state index contributed by atoms with van der Waals surface area (Å²) in [5, 5.41) is 2.69. The van der Waals surface area contributed by atoms with Gasteiger partial charge in [-0.1, -0.05) is 48.5 Å². The first-order valence-corrected chi connectivity index (χ1v) is 7.51. The van der Waals surface area contributed by atoms with Gasteiger partial charge in [-0.25, -0.2) is 9.18 Å². The van der Waals surface area contributed by atoms with E-state index in [1.807, 2.05) is 30.3 Å². The molecule has 1 unspecified atom stereocenters. The number of hydrogen-bond donors (Lipinski definition) is 1. The minimum Gasteiger partial charge on any atom is -0.449 e. The predicted octanol–water partition coefficient (Wildman–Crippen LogP) is 3.09. The lowest BCUT2D eigenvalue weighted by atomic mass is 10.2. The summed E-state index contributed by atoms with van der Waals surface area (Å²) in [5.41, 5.74) is 1.22. The Morgan fingerprint density at radius 3 is 2.50 bits per heavy atom. The van der Waals surface area contributed by atoms with E-state index in [2.05, 4.69) is 5.32 Å². The van der Waals surface area contributed by atoms with Crippen LogP contribution in [0, 0.1) is 5.82 Å². The zero-order valence-electron chi connectivity index (χ0n) is 13.2. The lowest BCUT2D eigenvalue weighted by Crippen LogP contribution is -2.35. The fourth-order valence-electron chi connectivity index (χ4n) is 1.96. The lowest BCUT2D eigenvalue weighted by molar-refractivity contribution is -0.150. The van der Waals surface area contributed by atoms with Crippen molar-refractivity contribution in [3.05, 3.63) is 77.6 Å². The molecule has 1 amide bonds. The van der Waals surface area contributed by atoms with E-state index in [-0.39, 0.29) is 5.56 Å². The third kappa shape index (κ3) is 5.35. The molecule has 4 nitrogen and oxygen atoms in total. The van der Waals surface area contributed by atoms with Gasteiger partial charge < -0.3 is 10.1 Å². The molecular formula is C19H18FNO3. The summed E-state index contributed by atoms with van der Waals surface area (Å²) in [7, 11) is 0. The van der Waals surface area contributed by atoms with Crippen molar-refractivity contribution in [1.29, 1.82) is 0 Å². The van der Waals surface area contributed by atoms with Crippen molar-refractivity contribution in [3.63, 3.8) is 0 Å². The molecule has 0 spiro atoms. The van der Waals surface area contributed by atoms with Crippen LogP contribution in [0.15, 0.2) is 60.7 Å². The summed E-state index contributed by atoms with van der Waals surface area (Å²) >= 11 is 0. The first-order chi connectivity index (χ1) is 11.6. The first kappa shape index (κ1) is 17.4. The summed E-state index contributed by atoms with van der Waals surface area (Å²) in [4.78, 5) is 23.6. The van der Waals surface area contributed by atoms with E-state index in [1.165, 1.54) is 25.1 Å². The minimum atomic E-state index is -0.938. The van der Waals surface area contributed by atoms with Crippen LogP contribution in [0.25, 0.3) is 6.08 Å². The van der Waals surface area contributed by atoms with E-state index in [9.17, 15) is 14.0 Å². The Kier molecular flexibility index (Phi) is 6.25. The summed E-state index contributed by atoms with van der Waals surface area (Å²) in [5.74, 6) is -1.54. The molecule has 2 aromatic rings. The molecule has 0 aromatic heterocycles. The number of halogens is 1. The Morgan fingerprint density at radius 2 is 1.79 bits per heavy atom. The number of amides is 1. The van der Waals surface area contributed by atoms with Crippen molar-refractivity contribution in [1.82, 2.24) is 5.32 Å². The van der Waals surface area contributed by atoms with Crippen molar-refractivity contribution in [2.75, 3.05) is 0 Å². The molecule has 2 aromatic carbocycles. The van der Waals surface area contributed by atoms with Crippen LogP contribution in [0.3, 0.4) is 0 Å². The summed E-state index contributed by atoms with van der Waals surface area (Å²) in [6.45, 7) is 1.84. The maximum absolute atomic E-state index is 13.4. The third-order valence-electron chi connectivity index (χ3n) is 3.28. The van der Waals surface area contributed by atoms with Crippen LogP contribution in [-0.2, 0) is 20.9 Å². The highest BCUT2D eigenvalue weighted by molar-refractivity contribution is 5.90. The minimum absolute atomic E-state index is 0.274. The van der Waals surface area contributed by atoms with Gasteiger partial charge in [-0.2, -0.15) is 0 Å². The van der Waals surface area contributed by atoms with Gasteiger partial charge in [-0.3, -0.25) is 4.79 Å². The van der Waals surface area contributed by atoms with Gasteiger partial charge in [-0.15, -0.1) is 0 Å². The fourth-order valence-corrected chi connectivity index (χ4v) is 1.96. The van der Waals surface area contributed by atoms with Gasteiger partial charge in [0.05, 0.1) is 0 Å². The molecule has 0 bridgehead atoms. The van der Waals surface area contributed by atoms with Crippen molar-refractivity contribution in [3.8, 4) is 0 Å². The second-order valence-corrected chi connectivity index (χ2v) is 5.14. The molecule has 2 rings (SSSR count). The van der Waals surface area contributed by atoms with Crippen molar-refractivity contribution >= 4 is 18.0 Å². The molecule has 0 aliphatic carbocycles. The van der Waals surface area contributed by atoms with Gasteiger partial charge in [0, 0.05) is 18.2 Å². The zero-order chi connectivity index (χ0) is 17.4. The van der Waals surface area contributed by atoms with E-state index in [4.69, 9.17) is 4.74 Å². The van der Waals surface area contributed by atoms with Gasteiger partial charge in [-0.05, 0) is 24.6 Å². The Bertz CT molecular complexity index is 728. The van der Waals surface area contributed by atoms with Crippen LogP contribution in [0.4, 0.5) is 4.39 Å².